The van der Waals surface area contributed by atoms with Gasteiger partial charge in [-0.3, -0.25) is 16.3 Å². The van der Waals surface area contributed by atoms with Crippen molar-refractivity contribution in [3.63, 3.8) is 0 Å². The van der Waals surface area contributed by atoms with Crippen molar-refractivity contribution in [2.75, 3.05) is 0 Å². The van der Waals surface area contributed by atoms with Gasteiger partial charge >= 0.3 is 0 Å². The fourth-order valence-electron chi connectivity index (χ4n) is 2.72. The quantitative estimate of drug-likeness (QED) is 0.405. The minimum Gasteiger partial charge on any atom is -0.271 e. The molecule has 1 heterocycles. The highest BCUT2D eigenvalue weighted by Gasteiger charge is 2.11. The number of nitrogens with two attached hydrogens (primary N) is 1. The van der Waals surface area contributed by atoms with Crippen molar-refractivity contribution in [1.82, 2.24) is 10.4 Å². The molecule has 114 valence electrons. The highest BCUT2D eigenvalue weighted by Crippen LogP contribution is 2.21. The van der Waals surface area contributed by atoms with E-state index in [0.717, 1.165) is 17.6 Å². The van der Waals surface area contributed by atoms with E-state index in [1.54, 1.807) is 0 Å². The molecule has 2 rings (SSSR count). The van der Waals surface area contributed by atoms with Crippen LogP contribution in [-0.4, -0.2) is 4.98 Å². The third-order valence-electron chi connectivity index (χ3n) is 4.02. The fraction of sp³-hybridized carbons (Fsp3) is 0.500. The number of hydrogen-bond acceptors (Lipinski definition) is 3. The normalized spacial score (nSPS) is 12.7. The molecule has 3 N–H and O–H groups in total. The third kappa shape index (κ3) is 4.80. The number of hydrazine groups is 1. The third-order valence-corrected chi connectivity index (χ3v) is 4.02. The van der Waals surface area contributed by atoms with Crippen molar-refractivity contribution in [1.29, 1.82) is 0 Å². The Morgan fingerprint density at radius 1 is 1.00 bits per heavy atom. The number of rotatable bonds is 9. The van der Waals surface area contributed by atoms with Gasteiger partial charge in [-0.15, -0.1) is 0 Å². The summed E-state index contributed by atoms with van der Waals surface area (Å²) in [6, 6.07) is 12.6. The van der Waals surface area contributed by atoms with Gasteiger partial charge in [0.15, 0.2) is 0 Å². The first kappa shape index (κ1) is 15.9. The molecule has 0 bridgehead atoms. The maximum atomic E-state index is 5.72. The molecule has 0 aliphatic rings. The minimum absolute atomic E-state index is 0.154. The van der Waals surface area contributed by atoms with Crippen LogP contribution in [-0.2, 0) is 0 Å². The Morgan fingerprint density at radius 2 is 1.76 bits per heavy atom. The molecule has 0 amide bonds. The molecule has 0 saturated heterocycles. The van der Waals surface area contributed by atoms with Crippen LogP contribution in [0.15, 0.2) is 36.4 Å². The molecule has 1 unspecified atom stereocenters. The summed E-state index contributed by atoms with van der Waals surface area (Å²) in [6.07, 6.45) is 8.87. The van der Waals surface area contributed by atoms with E-state index in [0.29, 0.717) is 0 Å². The molecule has 2 aromatic rings. The Morgan fingerprint density at radius 3 is 2.57 bits per heavy atom. The van der Waals surface area contributed by atoms with Gasteiger partial charge in [0.2, 0.25) is 0 Å². The van der Waals surface area contributed by atoms with Crippen LogP contribution in [0.3, 0.4) is 0 Å². The second-order valence-electron chi connectivity index (χ2n) is 5.70. The number of nitrogens with one attached hydrogen (secondary N) is 1. The molecule has 21 heavy (non-hydrogen) atoms. The molecule has 0 spiro atoms. The first-order valence-electron chi connectivity index (χ1n) is 8.17. The topological polar surface area (TPSA) is 50.9 Å². The first-order valence-corrected chi connectivity index (χ1v) is 8.17. The average molecular weight is 285 g/mol. The smallest absolute Gasteiger partial charge is 0.0706 e. The van der Waals surface area contributed by atoms with Gasteiger partial charge in [-0.2, -0.15) is 0 Å². The van der Waals surface area contributed by atoms with E-state index in [2.05, 4.69) is 36.6 Å². The van der Waals surface area contributed by atoms with E-state index < -0.39 is 0 Å². The first-order chi connectivity index (χ1) is 10.3. The lowest BCUT2D eigenvalue weighted by molar-refractivity contribution is 0.469. The van der Waals surface area contributed by atoms with Gasteiger partial charge in [0.05, 0.1) is 17.3 Å². The van der Waals surface area contributed by atoms with Crippen LogP contribution in [0.2, 0.25) is 0 Å². The zero-order chi connectivity index (χ0) is 14.9. The maximum Gasteiger partial charge on any atom is 0.0706 e. The highest BCUT2D eigenvalue weighted by atomic mass is 15.2. The SMILES string of the molecule is CCCCCCCCC(NN)c1ccc2ccccc2n1. The van der Waals surface area contributed by atoms with E-state index in [1.165, 1.54) is 43.9 Å². The van der Waals surface area contributed by atoms with Crippen LogP contribution in [0.1, 0.15) is 63.6 Å². The molecule has 1 atom stereocenters. The van der Waals surface area contributed by atoms with Gasteiger partial charge in [0.1, 0.15) is 0 Å². The number of aromatic nitrogens is 1. The minimum atomic E-state index is 0.154. The molecular weight excluding hydrogens is 258 g/mol. The lowest BCUT2D eigenvalue weighted by atomic mass is 10.0. The zero-order valence-corrected chi connectivity index (χ0v) is 13.0. The Bertz CT molecular complexity index is 539. The summed E-state index contributed by atoms with van der Waals surface area (Å²) < 4.78 is 0. The van der Waals surface area contributed by atoms with Gasteiger partial charge in [-0.1, -0.05) is 69.7 Å². The number of fused-ring (bicyclic) bond motifs is 1. The van der Waals surface area contributed by atoms with Gasteiger partial charge < -0.3 is 0 Å². The Hall–Kier alpha value is -1.45. The average Bonchev–Trinajstić information content (AvgIpc) is 2.54. The van der Waals surface area contributed by atoms with Crippen LogP contribution < -0.4 is 11.3 Å². The predicted molar refractivity (Wildman–Crippen MR) is 89.8 cm³/mol. The number of para-hydroxylation sites is 1. The molecule has 1 aromatic heterocycles. The van der Waals surface area contributed by atoms with Gasteiger partial charge in [0.25, 0.3) is 0 Å². The standard InChI is InChI=1S/C18H27N3/c1-2-3-4-5-6-7-12-18(21-19)17-14-13-15-10-8-9-11-16(15)20-17/h8-11,13-14,18,21H,2-7,12,19H2,1H3. The molecule has 0 radical (unpaired) electrons. The molecule has 0 aliphatic carbocycles. The van der Waals surface area contributed by atoms with Crippen LogP contribution >= 0.6 is 0 Å². The number of hydrogen-bond donors (Lipinski definition) is 2. The predicted octanol–water partition coefficient (Wildman–Crippen LogP) is 4.49. The highest BCUT2D eigenvalue weighted by molar-refractivity contribution is 5.78. The Balaban J connectivity index is 1.89. The lowest BCUT2D eigenvalue weighted by Crippen LogP contribution is -2.28. The van der Waals surface area contributed by atoms with Crippen molar-refractivity contribution in [3.05, 3.63) is 42.1 Å². The summed E-state index contributed by atoms with van der Waals surface area (Å²) in [5.41, 5.74) is 5.01. The van der Waals surface area contributed by atoms with E-state index in [9.17, 15) is 0 Å². The van der Waals surface area contributed by atoms with Crippen LogP contribution in [0.4, 0.5) is 0 Å². The number of benzene rings is 1. The summed E-state index contributed by atoms with van der Waals surface area (Å²) in [4.78, 5) is 4.73. The zero-order valence-electron chi connectivity index (χ0n) is 13.0. The largest absolute Gasteiger partial charge is 0.271 e. The van der Waals surface area contributed by atoms with Crippen molar-refractivity contribution < 1.29 is 0 Å². The van der Waals surface area contributed by atoms with Gasteiger partial charge in [-0.25, -0.2) is 0 Å². The Labute approximate surface area is 127 Å². The maximum absolute atomic E-state index is 5.72. The molecule has 0 aliphatic heterocycles. The molecule has 3 nitrogen and oxygen atoms in total. The summed E-state index contributed by atoms with van der Waals surface area (Å²) >= 11 is 0. The van der Waals surface area contributed by atoms with Crippen molar-refractivity contribution in [2.24, 2.45) is 5.84 Å². The number of unbranched alkanes of at least 4 members (excludes halogenated alkanes) is 5. The molecule has 0 fully saturated rings. The van der Waals surface area contributed by atoms with E-state index >= 15 is 0 Å². The summed E-state index contributed by atoms with van der Waals surface area (Å²) in [7, 11) is 0. The number of nitrogens with zero attached hydrogens (tertiary/aromatic N) is 1. The second kappa shape index (κ2) is 8.75. The second-order valence-corrected chi connectivity index (χ2v) is 5.70. The van der Waals surface area contributed by atoms with Crippen molar-refractivity contribution in [2.45, 2.75) is 57.9 Å². The Kier molecular flexibility index (Phi) is 6.64. The monoisotopic (exact) mass is 285 g/mol. The molecule has 1 aromatic carbocycles. The van der Waals surface area contributed by atoms with Crippen LogP contribution in [0.25, 0.3) is 10.9 Å². The van der Waals surface area contributed by atoms with E-state index in [4.69, 9.17) is 10.8 Å². The molecule has 0 saturated carbocycles. The van der Waals surface area contributed by atoms with E-state index in [1.807, 2.05) is 12.1 Å². The number of pyridine rings is 1. The van der Waals surface area contributed by atoms with Gasteiger partial charge in [0, 0.05) is 5.39 Å². The fourth-order valence-corrected chi connectivity index (χ4v) is 2.72. The molecular formula is C18H27N3. The van der Waals surface area contributed by atoms with Crippen LogP contribution in [0.5, 0.6) is 0 Å². The lowest BCUT2D eigenvalue weighted by Gasteiger charge is -2.15. The summed E-state index contributed by atoms with van der Waals surface area (Å²) in [6.45, 7) is 2.25. The van der Waals surface area contributed by atoms with Gasteiger partial charge in [-0.05, 0) is 18.6 Å². The molecule has 3 heteroatoms. The van der Waals surface area contributed by atoms with Crippen molar-refractivity contribution in [3.8, 4) is 0 Å². The van der Waals surface area contributed by atoms with E-state index in [-0.39, 0.29) is 6.04 Å². The summed E-state index contributed by atoms with van der Waals surface area (Å²) in [5.74, 6) is 5.72. The summed E-state index contributed by atoms with van der Waals surface area (Å²) in [5, 5.41) is 1.18. The van der Waals surface area contributed by atoms with Crippen molar-refractivity contribution >= 4 is 10.9 Å². The van der Waals surface area contributed by atoms with Crippen LogP contribution in [0, 0.1) is 0 Å².